The highest BCUT2D eigenvalue weighted by Gasteiger charge is 2.17. The molecule has 0 radical (unpaired) electrons. The quantitative estimate of drug-likeness (QED) is 0.569. The zero-order valence-electron chi connectivity index (χ0n) is 12.1. The van der Waals surface area contributed by atoms with Crippen LogP contribution in [0.1, 0.15) is 0 Å². The number of hydrogen-bond acceptors (Lipinski definition) is 6. The Labute approximate surface area is 133 Å². The fourth-order valence-corrected chi connectivity index (χ4v) is 2.33. The van der Waals surface area contributed by atoms with E-state index >= 15 is 0 Å². The van der Waals surface area contributed by atoms with Crippen LogP contribution in [0.4, 0.5) is 4.39 Å². The third kappa shape index (κ3) is 2.32. The van der Waals surface area contributed by atoms with Gasteiger partial charge in [-0.15, -0.1) is 0 Å². The minimum Gasteiger partial charge on any atom is -0.508 e. The first-order valence-electron chi connectivity index (χ1n) is 6.98. The predicted molar refractivity (Wildman–Crippen MR) is 82.8 cm³/mol. The molecule has 0 saturated heterocycles. The van der Waals surface area contributed by atoms with Gasteiger partial charge in [0.15, 0.2) is 0 Å². The van der Waals surface area contributed by atoms with Gasteiger partial charge in [-0.2, -0.15) is 4.98 Å². The third-order valence-corrected chi connectivity index (χ3v) is 3.49. The number of benzene rings is 2. The Balaban J connectivity index is 1.84. The highest BCUT2D eigenvalue weighted by Crippen LogP contribution is 2.25. The molecule has 0 spiro atoms. The second kappa shape index (κ2) is 5.31. The zero-order chi connectivity index (χ0) is 16.7. The number of halogens is 1. The summed E-state index contributed by atoms with van der Waals surface area (Å²) in [6.07, 6.45) is 0. The maximum atomic E-state index is 13.8. The molecule has 0 unspecified atom stereocenters. The predicted octanol–water partition coefficient (Wildman–Crippen LogP) is 3.35. The summed E-state index contributed by atoms with van der Waals surface area (Å²) in [6.45, 7) is 0. The molecule has 0 fully saturated rings. The van der Waals surface area contributed by atoms with Crippen molar-refractivity contribution in [3.8, 4) is 28.6 Å². The maximum Gasteiger partial charge on any atom is 0.349 e. The van der Waals surface area contributed by atoms with Crippen molar-refractivity contribution < 1.29 is 18.4 Å². The number of phenolic OH excluding ortho intramolecular Hbond substituents is 1. The highest BCUT2D eigenvalue weighted by molar-refractivity contribution is 5.81. The SMILES string of the molecule is O=c1oc2cc(O)ccc2cc1-c1nc(-c2ccccc2F)no1. The van der Waals surface area contributed by atoms with Crippen LogP contribution >= 0.6 is 0 Å². The first-order valence-corrected chi connectivity index (χ1v) is 6.98. The van der Waals surface area contributed by atoms with Gasteiger partial charge in [-0.05, 0) is 30.3 Å². The summed E-state index contributed by atoms with van der Waals surface area (Å²) in [5, 5.41) is 13.7. The summed E-state index contributed by atoms with van der Waals surface area (Å²) >= 11 is 0. The Bertz CT molecular complexity index is 1120. The van der Waals surface area contributed by atoms with Crippen molar-refractivity contribution in [3.63, 3.8) is 0 Å². The second-order valence-electron chi connectivity index (χ2n) is 5.07. The summed E-state index contributed by atoms with van der Waals surface area (Å²) < 4.78 is 24.0. The zero-order valence-corrected chi connectivity index (χ0v) is 12.1. The molecule has 4 aromatic rings. The van der Waals surface area contributed by atoms with Crippen molar-refractivity contribution in [1.82, 2.24) is 10.1 Å². The Morgan fingerprint density at radius 1 is 1.04 bits per heavy atom. The lowest BCUT2D eigenvalue weighted by Crippen LogP contribution is -2.02. The molecule has 24 heavy (non-hydrogen) atoms. The Hall–Kier alpha value is -3.48. The van der Waals surface area contributed by atoms with E-state index in [1.54, 1.807) is 18.2 Å². The summed E-state index contributed by atoms with van der Waals surface area (Å²) in [7, 11) is 0. The smallest absolute Gasteiger partial charge is 0.349 e. The van der Waals surface area contributed by atoms with Crippen molar-refractivity contribution in [2.45, 2.75) is 0 Å². The van der Waals surface area contributed by atoms with Gasteiger partial charge in [-0.3, -0.25) is 0 Å². The molecule has 4 rings (SSSR count). The van der Waals surface area contributed by atoms with Gasteiger partial charge >= 0.3 is 5.63 Å². The van der Waals surface area contributed by atoms with Crippen LogP contribution in [0.15, 0.2) is 62.3 Å². The van der Waals surface area contributed by atoms with E-state index in [0.717, 1.165) is 0 Å². The Morgan fingerprint density at radius 3 is 2.71 bits per heavy atom. The average Bonchev–Trinajstić information content (AvgIpc) is 3.04. The van der Waals surface area contributed by atoms with Crippen molar-refractivity contribution in [2.24, 2.45) is 0 Å². The summed E-state index contributed by atoms with van der Waals surface area (Å²) in [5.74, 6) is -0.547. The van der Waals surface area contributed by atoms with E-state index in [4.69, 9.17) is 8.94 Å². The molecule has 2 aromatic carbocycles. The van der Waals surface area contributed by atoms with Gasteiger partial charge in [0, 0.05) is 11.5 Å². The van der Waals surface area contributed by atoms with Gasteiger partial charge in [-0.25, -0.2) is 9.18 Å². The molecule has 118 valence electrons. The standard InChI is InChI=1S/C17H9FN2O4/c18-13-4-2-1-3-11(13)15-19-16(24-20-15)12-7-9-5-6-10(21)8-14(9)23-17(12)22/h1-8,21H. The van der Waals surface area contributed by atoms with E-state index in [9.17, 15) is 14.3 Å². The second-order valence-corrected chi connectivity index (χ2v) is 5.07. The van der Waals surface area contributed by atoms with E-state index in [1.807, 2.05) is 0 Å². The Kier molecular flexibility index (Phi) is 3.13. The summed E-state index contributed by atoms with van der Waals surface area (Å²) in [6, 6.07) is 11.9. The number of aromatic hydroxyl groups is 1. The molecule has 0 aliphatic carbocycles. The van der Waals surface area contributed by atoms with Crippen LogP contribution in [-0.2, 0) is 0 Å². The van der Waals surface area contributed by atoms with Crippen LogP contribution in [0.3, 0.4) is 0 Å². The van der Waals surface area contributed by atoms with Crippen LogP contribution in [0.2, 0.25) is 0 Å². The van der Waals surface area contributed by atoms with Crippen molar-refractivity contribution in [1.29, 1.82) is 0 Å². The molecule has 6 nitrogen and oxygen atoms in total. The molecule has 0 aliphatic heterocycles. The first-order chi connectivity index (χ1) is 11.6. The minimum absolute atomic E-state index is 0.0157. The number of nitrogens with zero attached hydrogens (tertiary/aromatic N) is 2. The van der Waals surface area contributed by atoms with E-state index < -0.39 is 11.4 Å². The monoisotopic (exact) mass is 324 g/mol. The maximum absolute atomic E-state index is 13.8. The van der Waals surface area contributed by atoms with Crippen LogP contribution in [-0.4, -0.2) is 15.2 Å². The molecule has 2 aromatic heterocycles. The van der Waals surface area contributed by atoms with Crippen molar-refractivity contribution in [3.05, 3.63) is 64.8 Å². The van der Waals surface area contributed by atoms with Gasteiger partial charge in [0.2, 0.25) is 5.82 Å². The van der Waals surface area contributed by atoms with Gasteiger partial charge in [0.25, 0.3) is 5.89 Å². The first kappa shape index (κ1) is 14.1. The minimum atomic E-state index is -0.697. The largest absolute Gasteiger partial charge is 0.508 e. The highest BCUT2D eigenvalue weighted by atomic mass is 19.1. The fourth-order valence-electron chi connectivity index (χ4n) is 2.33. The van der Waals surface area contributed by atoms with E-state index in [1.165, 1.54) is 30.3 Å². The third-order valence-electron chi connectivity index (χ3n) is 3.49. The number of phenols is 1. The number of hydrogen-bond donors (Lipinski definition) is 1. The lowest BCUT2D eigenvalue weighted by atomic mass is 10.1. The van der Waals surface area contributed by atoms with Crippen LogP contribution in [0, 0.1) is 5.82 Å². The normalized spacial score (nSPS) is 11.0. The van der Waals surface area contributed by atoms with Crippen LogP contribution < -0.4 is 5.63 Å². The lowest BCUT2D eigenvalue weighted by Gasteiger charge is -1.99. The van der Waals surface area contributed by atoms with Crippen LogP contribution in [0.5, 0.6) is 5.75 Å². The fraction of sp³-hybridized carbons (Fsp3) is 0. The van der Waals surface area contributed by atoms with E-state index in [2.05, 4.69) is 10.1 Å². The Morgan fingerprint density at radius 2 is 1.88 bits per heavy atom. The molecule has 0 atom stereocenters. The molecule has 2 heterocycles. The molecule has 0 amide bonds. The van der Waals surface area contributed by atoms with Gasteiger partial charge in [0.05, 0.1) is 5.56 Å². The molecule has 0 aliphatic rings. The van der Waals surface area contributed by atoms with Crippen molar-refractivity contribution in [2.75, 3.05) is 0 Å². The van der Waals surface area contributed by atoms with Gasteiger partial charge in [0.1, 0.15) is 22.7 Å². The molecule has 0 bridgehead atoms. The average molecular weight is 324 g/mol. The van der Waals surface area contributed by atoms with Gasteiger partial charge < -0.3 is 14.0 Å². The number of aromatic nitrogens is 2. The van der Waals surface area contributed by atoms with Gasteiger partial charge in [-0.1, -0.05) is 17.3 Å². The molecule has 7 heteroatoms. The number of rotatable bonds is 2. The van der Waals surface area contributed by atoms with E-state index in [0.29, 0.717) is 5.39 Å². The van der Waals surface area contributed by atoms with Crippen LogP contribution in [0.25, 0.3) is 33.8 Å². The van der Waals surface area contributed by atoms with E-state index in [-0.39, 0.29) is 34.2 Å². The molecule has 1 N–H and O–H groups in total. The molecule has 0 saturated carbocycles. The topological polar surface area (TPSA) is 89.4 Å². The number of fused-ring (bicyclic) bond motifs is 1. The van der Waals surface area contributed by atoms with Crippen molar-refractivity contribution >= 4 is 11.0 Å². The summed E-state index contributed by atoms with van der Waals surface area (Å²) in [4.78, 5) is 16.2. The summed E-state index contributed by atoms with van der Waals surface area (Å²) in [5.41, 5.74) is -0.236. The lowest BCUT2D eigenvalue weighted by molar-refractivity contribution is 0.429. The molecular weight excluding hydrogens is 315 g/mol. The molecular formula is C17H9FN2O4.